The summed E-state index contributed by atoms with van der Waals surface area (Å²) in [5.74, 6) is 1.97. The molecule has 1 aromatic heterocycles. The summed E-state index contributed by atoms with van der Waals surface area (Å²) in [4.78, 5) is 8.46. The summed E-state index contributed by atoms with van der Waals surface area (Å²) in [6.45, 7) is 4.61. The van der Waals surface area contributed by atoms with Gasteiger partial charge in [0.05, 0.1) is 25.9 Å². The van der Waals surface area contributed by atoms with Crippen LogP contribution in [-0.4, -0.2) is 42.4 Å². The highest BCUT2D eigenvalue weighted by molar-refractivity contribution is 5.44. The molecule has 1 aromatic rings. The van der Waals surface area contributed by atoms with Crippen molar-refractivity contribution in [1.82, 2.24) is 9.97 Å². The van der Waals surface area contributed by atoms with Crippen LogP contribution in [0.2, 0.25) is 0 Å². The van der Waals surface area contributed by atoms with Gasteiger partial charge in [-0.2, -0.15) is 0 Å². The summed E-state index contributed by atoms with van der Waals surface area (Å²) in [6.07, 6.45) is 0.841. The third-order valence-corrected chi connectivity index (χ3v) is 2.50. The molecule has 1 unspecified atom stereocenters. The molecule has 1 aliphatic heterocycles. The smallest absolute Gasteiger partial charge is 0.132 e. The van der Waals surface area contributed by atoms with Gasteiger partial charge in [-0.05, 0) is 0 Å². The van der Waals surface area contributed by atoms with Crippen molar-refractivity contribution in [2.75, 3.05) is 37.4 Å². The normalized spacial score (nSPS) is 20.2. The summed E-state index contributed by atoms with van der Waals surface area (Å²) in [7, 11) is 0. The third-order valence-electron chi connectivity index (χ3n) is 2.50. The number of anilines is 2. The van der Waals surface area contributed by atoms with Crippen LogP contribution < -0.4 is 11.1 Å². The van der Waals surface area contributed by atoms with Crippen molar-refractivity contribution in [3.63, 3.8) is 0 Å². The van der Waals surface area contributed by atoms with Crippen LogP contribution in [0.4, 0.5) is 11.6 Å². The Bertz CT molecular complexity index is 366. The van der Waals surface area contributed by atoms with E-state index < -0.39 is 0 Å². The highest BCUT2D eigenvalue weighted by Gasteiger charge is 2.14. The fourth-order valence-electron chi connectivity index (χ4n) is 1.64. The molecule has 1 fully saturated rings. The second-order valence-electron chi connectivity index (χ2n) is 3.90. The van der Waals surface area contributed by atoms with E-state index in [1.54, 1.807) is 6.07 Å². The van der Waals surface area contributed by atoms with Crippen molar-refractivity contribution < 1.29 is 9.47 Å². The van der Waals surface area contributed by atoms with Crippen LogP contribution >= 0.6 is 0 Å². The average Bonchev–Trinajstić information content (AvgIpc) is 2.37. The average molecular weight is 238 g/mol. The van der Waals surface area contributed by atoms with Gasteiger partial charge in [-0.25, -0.2) is 9.97 Å². The molecule has 1 aliphatic rings. The highest BCUT2D eigenvalue weighted by atomic mass is 16.6. The number of hydrogen-bond acceptors (Lipinski definition) is 6. The van der Waals surface area contributed by atoms with Crippen molar-refractivity contribution in [1.29, 1.82) is 0 Å². The Hall–Kier alpha value is -1.40. The van der Waals surface area contributed by atoms with Gasteiger partial charge in [-0.3, -0.25) is 0 Å². The zero-order valence-electron chi connectivity index (χ0n) is 9.98. The van der Waals surface area contributed by atoms with E-state index in [0.29, 0.717) is 32.2 Å². The number of nitrogens with two attached hydrogens (primary N) is 1. The van der Waals surface area contributed by atoms with E-state index in [1.165, 1.54) is 0 Å². The fourth-order valence-corrected chi connectivity index (χ4v) is 1.64. The fraction of sp³-hybridized carbons (Fsp3) is 0.636. The van der Waals surface area contributed by atoms with Crippen LogP contribution in [0.15, 0.2) is 6.07 Å². The van der Waals surface area contributed by atoms with Gasteiger partial charge >= 0.3 is 0 Å². The van der Waals surface area contributed by atoms with Crippen LogP contribution in [-0.2, 0) is 15.9 Å². The minimum absolute atomic E-state index is 0.0741. The van der Waals surface area contributed by atoms with Gasteiger partial charge in [0.25, 0.3) is 0 Å². The van der Waals surface area contributed by atoms with E-state index in [-0.39, 0.29) is 6.10 Å². The van der Waals surface area contributed by atoms with E-state index in [9.17, 15) is 0 Å². The minimum atomic E-state index is 0.0741. The SMILES string of the molecule is CCc1nc(N)cc(NCC2COCCO2)n1. The molecule has 2 heterocycles. The van der Waals surface area contributed by atoms with Gasteiger partial charge in [0.2, 0.25) is 0 Å². The van der Waals surface area contributed by atoms with E-state index >= 15 is 0 Å². The molecule has 3 N–H and O–H groups in total. The predicted octanol–water partition coefficient (Wildman–Crippen LogP) is 0.448. The summed E-state index contributed by atoms with van der Waals surface area (Å²) < 4.78 is 10.8. The Kier molecular flexibility index (Phi) is 4.11. The van der Waals surface area contributed by atoms with E-state index in [2.05, 4.69) is 15.3 Å². The first-order chi connectivity index (χ1) is 8.28. The second-order valence-corrected chi connectivity index (χ2v) is 3.90. The molecule has 17 heavy (non-hydrogen) atoms. The Labute approximate surface area is 101 Å². The van der Waals surface area contributed by atoms with Crippen molar-refractivity contribution in [3.05, 3.63) is 11.9 Å². The lowest BCUT2D eigenvalue weighted by atomic mass is 10.3. The minimum Gasteiger partial charge on any atom is -0.384 e. The maximum atomic E-state index is 5.70. The molecule has 0 aliphatic carbocycles. The summed E-state index contributed by atoms with van der Waals surface area (Å²) >= 11 is 0. The second kappa shape index (κ2) is 5.79. The molecule has 94 valence electrons. The first-order valence-corrected chi connectivity index (χ1v) is 5.84. The molecule has 0 saturated carbocycles. The molecule has 0 radical (unpaired) electrons. The molecule has 1 saturated heterocycles. The monoisotopic (exact) mass is 238 g/mol. The zero-order chi connectivity index (χ0) is 12.1. The Balaban J connectivity index is 1.91. The van der Waals surface area contributed by atoms with Gasteiger partial charge in [-0.1, -0.05) is 6.92 Å². The molecule has 6 nitrogen and oxygen atoms in total. The van der Waals surface area contributed by atoms with Gasteiger partial charge < -0.3 is 20.5 Å². The number of hydrogen-bond donors (Lipinski definition) is 2. The van der Waals surface area contributed by atoms with Gasteiger partial charge in [0.15, 0.2) is 0 Å². The maximum absolute atomic E-state index is 5.70. The van der Waals surface area contributed by atoms with E-state index in [1.807, 2.05) is 6.92 Å². The number of nitrogens with one attached hydrogen (secondary N) is 1. The van der Waals surface area contributed by atoms with Crippen molar-refractivity contribution >= 4 is 11.6 Å². The summed E-state index contributed by atoms with van der Waals surface area (Å²) in [6, 6.07) is 1.73. The lowest BCUT2D eigenvalue weighted by Gasteiger charge is -2.23. The Morgan fingerprint density at radius 1 is 1.47 bits per heavy atom. The zero-order valence-corrected chi connectivity index (χ0v) is 9.98. The van der Waals surface area contributed by atoms with Crippen LogP contribution in [0.5, 0.6) is 0 Å². The van der Waals surface area contributed by atoms with Gasteiger partial charge in [0, 0.05) is 19.0 Å². The molecule has 1 atom stereocenters. The molecule has 0 bridgehead atoms. The molecule has 2 rings (SSSR count). The molecule has 0 aromatic carbocycles. The molecule has 6 heteroatoms. The lowest BCUT2D eigenvalue weighted by Crippen LogP contribution is -2.34. The first kappa shape index (κ1) is 12.1. The summed E-state index contributed by atoms with van der Waals surface area (Å²) in [5, 5.41) is 3.19. The van der Waals surface area contributed by atoms with Gasteiger partial charge in [-0.15, -0.1) is 0 Å². The number of rotatable bonds is 4. The summed E-state index contributed by atoms with van der Waals surface area (Å²) in [5.41, 5.74) is 5.70. The Morgan fingerprint density at radius 3 is 3.06 bits per heavy atom. The van der Waals surface area contributed by atoms with Crippen LogP contribution in [0.3, 0.4) is 0 Å². The van der Waals surface area contributed by atoms with Crippen LogP contribution in [0.1, 0.15) is 12.7 Å². The molecule has 0 amide bonds. The van der Waals surface area contributed by atoms with E-state index in [4.69, 9.17) is 15.2 Å². The van der Waals surface area contributed by atoms with Crippen LogP contribution in [0, 0.1) is 0 Å². The standard InChI is InChI=1S/C11H18N4O2/c1-2-10-14-9(12)5-11(15-10)13-6-8-7-16-3-4-17-8/h5,8H,2-4,6-7H2,1H3,(H3,12,13,14,15). The maximum Gasteiger partial charge on any atom is 0.132 e. The number of nitrogens with zero attached hydrogens (tertiary/aromatic N) is 2. The predicted molar refractivity (Wildman–Crippen MR) is 64.9 cm³/mol. The molecular weight excluding hydrogens is 220 g/mol. The van der Waals surface area contributed by atoms with Crippen molar-refractivity contribution in [2.24, 2.45) is 0 Å². The Morgan fingerprint density at radius 2 is 2.35 bits per heavy atom. The topological polar surface area (TPSA) is 82.3 Å². The number of aryl methyl sites for hydroxylation is 1. The van der Waals surface area contributed by atoms with Crippen molar-refractivity contribution in [2.45, 2.75) is 19.4 Å². The van der Waals surface area contributed by atoms with Crippen LogP contribution in [0.25, 0.3) is 0 Å². The quantitative estimate of drug-likeness (QED) is 0.792. The lowest BCUT2D eigenvalue weighted by molar-refractivity contribution is -0.0819. The highest BCUT2D eigenvalue weighted by Crippen LogP contribution is 2.10. The van der Waals surface area contributed by atoms with Gasteiger partial charge in [0.1, 0.15) is 17.5 Å². The number of aromatic nitrogens is 2. The van der Waals surface area contributed by atoms with E-state index in [0.717, 1.165) is 18.1 Å². The first-order valence-electron chi connectivity index (χ1n) is 5.84. The molecule has 0 spiro atoms. The van der Waals surface area contributed by atoms with Crippen molar-refractivity contribution in [3.8, 4) is 0 Å². The molecular formula is C11H18N4O2. The number of nitrogen functional groups attached to an aromatic ring is 1. The third kappa shape index (κ3) is 3.54. The number of ether oxygens (including phenoxy) is 2. The largest absolute Gasteiger partial charge is 0.384 e.